The van der Waals surface area contributed by atoms with Crippen molar-refractivity contribution in [2.45, 2.75) is 82.9 Å². The first-order valence-corrected chi connectivity index (χ1v) is 11.6. The summed E-state index contributed by atoms with van der Waals surface area (Å²) in [4.78, 5) is 2.09. The van der Waals surface area contributed by atoms with E-state index in [0.717, 1.165) is 0 Å². The van der Waals surface area contributed by atoms with Crippen LogP contribution in [0.4, 0.5) is 0 Å². The van der Waals surface area contributed by atoms with Crippen LogP contribution in [0, 0.1) is 11.3 Å². The molecule has 2 heterocycles. The third kappa shape index (κ3) is 3.76. The van der Waals surface area contributed by atoms with Gasteiger partial charge in [0.25, 0.3) is 0 Å². The minimum Gasteiger partial charge on any atom is -0.410 e. The van der Waals surface area contributed by atoms with E-state index in [0.29, 0.717) is 13.1 Å². The normalized spacial score (nSPS) is 33.8. The molecule has 4 atom stereocenters. The lowest BCUT2D eigenvalue weighted by Gasteiger charge is -2.46. The fraction of sp³-hybridized carbons (Fsp3) is 0.833. The minimum atomic E-state index is -1.95. The molecule has 0 aliphatic carbocycles. The molecular formula is C18H32N2O3Si. The van der Waals surface area contributed by atoms with Crippen LogP contribution in [0.15, 0.2) is 12.7 Å². The summed E-state index contributed by atoms with van der Waals surface area (Å²) in [6, 6.07) is 2.05. The fourth-order valence-electron chi connectivity index (χ4n) is 3.17. The summed E-state index contributed by atoms with van der Waals surface area (Å²) in [5.74, 6) is -0.691. The molecule has 2 fully saturated rings. The van der Waals surface area contributed by atoms with Gasteiger partial charge in [0.1, 0.15) is 18.2 Å². The summed E-state index contributed by atoms with van der Waals surface area (Å²) < 4.78 is 18.9. The highest BCUT2D eigenvalue weighted by molar-refractivity contribution is 6.74. The molecule has 0 bridgehead atoms. The summed E-state index contributed by atoms with van der Waals surface area (Å²) in [5, 5.41) is 9.78. The van der Waals surface area contributed by atoms with Crippen LogP contribution in [0.2, 0.25) is 18.1 Å². The highest BCUT2D eigenvalue weighted by Gasteiger charge is 2.55. The van der Waals surface area contributed by atoms with Crippen LogP contribution in [0.1, 0.15) is 34.6 Å². The van der Waals surface area contributed by atoms with Gasteiger partial charge in [0.15, 0.2) is 14.1 Å². The van der Waals surface area contributed by atoms with Gasteiger partial charge in [0.05, 0.1) is 12.2 Å². The average molecular weight is 353 g/mol. The number of nitrogens with zero attached hydrogens (tertiary/aromatic N) is 2. The van der Waals surface area contributed by atoms with Crippen LogP contribution in [-0.4, -0.2) is 56.4 Å². The maximum atomic E-state index is 9.66. The van der Waals surface area contributed by atoms with E-state index in [9.17, 15) is 5.26 Å². The number of rotatable bonds is 4. The highest BCUT2D eigenvalue weighted by Crippen LogP contribution is 2.42. The Morgan fingerprint density at radius 2 is 1.92 bits per heavy atom. The van der Waals surface area contributed by atoms with Crippen LogP contribution in [-0.2, 0) is 13.9 Å². The summed E-state index contributed by atoms with van der Waals surface area (Å²) in [6.07, 6.45) is 1.23. The standard InChI is InChI=1S/C18H32N2O3Si/c1-9-10-20-12-14(23-24(7,8)17(2,3)4)16-15(13(20)11-19)21-18(5,6)22-16/h9,13-16H,1,10,12H2,2-8H3/t13-,14+,15-,16+/m0/s1. The number of nitriles is 1. The SMILES string of the molecule is C=CCN1C[C@@H](O[Si](C)(C)C(C)(C)C)[C@H]2OC(C)(C)O[C@H]2[C@@H]1C#N. The number of fused-ring (bicyclic) bond motifs is 1. The van der Waals surface area contributed by atoms with E-state index in [2.05, 4.69) is 51.4 Å². The van der Waals surface area contributed by atoms with Gasteiger partial charge < -0.3 is 13.9 Å². The third-order valence-corrected chi connectivity index (χ3v) is 9.90. The van der Waals surface area contributed by atoms with Gasteiger partial charge in [-0.05, 0) is 32.0 Å². The minimum absolute atomic E-state index is 0.0952. The molecule has 0 spiro atoms. The lowest BCUT2D eigenvalue weighted by atomic mass is 9.95. The molecule has 136 valence electrons. The zero-order valence-electron chi connectivity index (χ0n) is 16.1. The Bertz CT molecular complexity index is 521. The summed E-state index contributed by atoms with van der Waals surface area (Å²) in [5.41, 5.74) is 0. The Morgan fingerprint density at radius 1 is 1.33 bits per heavy atom. The first kappa shape index (κ1) is 19.6. The molecule has 2 aliphatic heterocycles. The van der Waals surface area contributed by atoms with Crippen molar-refractivity contribution in [2.75, 3.05) is 13.1 Å². The van der Waals surface area contributed by atoms with E-state index in [1.54, 1.807) is 0 Å². The molecule has 0 radical (unpaired) electrons. The second-order valence-corrected chi connectivity index (χ2v) is 13.6. The van der Waals surface area contributed by atoms with Gasteiger partial charge in [-0.1, -0.05) is 26.8 Å². The fourth-order valence-corrected chi connectivity index (χ4v) is 4.49. The molecule has 6 heteroatoms. The molecule has 5 nitrogen and oxygen atoms in total. The van der Waals surface area contributed by atoms with E-state index in [1.165, 1.54) is 0 Å². The molecule has 2 rings (SSSR count). The summed E-state index contributed by atoms with van der Waals surface area (Å²) in [7, 11) is -1.95. The molecule has 0 unspecified atom stereocenters. The van der Waals surface area contributed by atoms with Crippen molar-refractivity contribution in [1.29, 1.82) is 5.26 Å². The van der Waals surface area contributed by atoms with E-state index >= 15 is 0 Å². The zero-order chi connectivity index (χ0) is 18.3. The van der Waals surface area contributed by atoms with Crippen molar-refractivity contribution in [3.05, 3.63) is 12.7 Å². The molecule has 24 heavy (non-hydrogen) atoms. The van der Waals surface area contributed by atoms with Crippen LogP contribution in [0.25, 0.3) is 0 Å². The first-order valence-electron chi connectivity index (χ1n) is 8.70. The van der Waals surface area contributed by atoms with Crippen LogP contribution < -0.4 is 0 Å². The zero-order valence-corrected chi connectivity index (χ0v) is 17.1. The highest BCUT2D eigenvalue weighted by atomic mass is 28.4. The molecule has 0 aromatic rings. The van der Waals surface area contributed by atoms with E-state index in [4.69, 9.17) is 13.9 Å². The second kappa shape index (κ2) is 6.54. The predicted molar refractivity (Wildman–Crippen MR) is 97.1 cm³/mol. The van der Waals surface area contributed by atoms with Crippen LogP contribution in [0.3, 0.4) is 0 Å². The monoisotopic (exact) mass is 352 g/mol. The van der Waals surface area contributed by atoms with E-state index in [-0.39, 0.29) is 29.4 Å². The third-order valence-electron chi connectivity index (χ3n) is 5.40. The Hall–Kier alpha value is -0.713. The number of hydrogen-bond acceptors (Lipinski definition) is 5. The lowest BCUT2D eigenvalue weighted by Crippen LogP contribution is -2.62. The van der Waals surface area contributed by atoms with Crippen molar-refractivity contribution in [2.24, 2.45) is 0 Å². The first-order chi connectivity index (χ1) is 10.9. The van der Waals surface area contributed by atoms with Crippen LogP contribution >= 0.6 is 0 Å². The molecule has 0 N–H and O–H groups in total. The number of piperidine rings is 1. The second-order valence-electron chi connectivity index (χ2n) is 8.80. The molecule has 0 aromatic heterocycles. The Kier molecular flexibility index (Phi) is 5.35. The number of ether oxygens (including phenoxy) is 2. The predicted octanol–water partition coefficient (Wildman–Crippen LogP) is 3.29. The Balaban J connectivity index is 2.30. The van der Waals surface area contributed by atoms with Gasteiger partial charge in [0.2, 0.25) is 0 Å². The largest absolute Gasteiger partial charge is 0.410 e. The molecule has 2 aliphatic rings. The molecule has 0 aromatic carbocycles. The lowest BCUT2D eigenvalue weighted by molar-refractivity contribution is -0.152. The topological polar surface area (TPSA) is 54.7 Å². The molecular weight excluding hydrogens is 320 g/mol. The van der Waals surface area contributed by atoms with Gasteiger partial charge >= 0.3 is 0 Å². The van der Waals surface area contributed by atoms with Crippen molar-refractivity contribution in [3.63, 3.8) is 0 Å². The smallest absolute Gasteiger partial charge is 0.192 e. The Morgan fingerprint density at radius 3 is 2.42 bits per heavy atom. The van der Waals surface area contributed by atoms with E-state index in [1.807, 2.05) is 19.9 Å². The molecule has 2 saturated heterocycles. The summed E-state index contributed by atoms with van der Waals surface area (Å²) >= 11 is 0. The molecule has 0 saturated carbocycles. The van der Waals surface area contributed by atoms with Crippen LogP contribution in [0.5, 0.6) is 0 Å². The molecule has 0 amide bonds. The van der Waals surface area contributed by atoms with Gasteiger partial charge in [-0.2, -0.15) is 5.26 Å². The van der Waals surface area contributed by atoms with Gasteiger partial charge in [0, 0.05) is 13.1 Å². The Labute approximate surface area is 147 Å². The van der Waals surface area contributed by atoms with Gasteiger partial charge in [-0.25, -0.2) is 0 Å². The maximum Gasteiger partial charge on any atom is 0.192 e. The van der Waals surface area contributed by atoms with Crippen molar-refractivity contribution >= 4 is 8.32 Å². The maximum absolute atomic E-state index is 9.66. The number of likely N-dealkylation sites (tertiary alicyclic amines) is 1. The van der Waals surface area contributed by atoms with Crippen molar-refractivity contribution < 1.29 is 13.9 Å². The average Bonchev–Trinajstić information content (AvgIpc) is 2.73. The van der Waals surface area contributed by atoms with Gasteiger partial charge in [-0.3, -0.25) is 4.90 Å². The summed E-state index contributed by atoms with van der Waals surface area (Å²) in [6.45, 7) is 20.1. The van der Waals surface area contributed by atoms with Crippen molar-refractivity contribution in [1.82, 2.24) is 4.90 Å². The van der Waals surface area contributed by atoms with E-state index < -0.39 is 14.1 Å². The van der Waals surface area contributed by atoms with Crippen molar-refractivity contribution in [3.8, 4) is 6.07 Å². The number of hydrogen-bond donors (Lipinski definition) is 0. The van der Waals surface area contributed by atoms with Gasteiger partial charge in [-0.15, -0.1) is 6.58 Å². The quantitative estimate of drug-likeness (QED) is 0.574.